The number of nitrogens with one attached hydrogen (secondary N) is 1. The third kappa shape index (κ3) is 3.08. The molecular weight excluding hydrogens is 285 g/mol. The number of halogens is 2. The van der Waals surface area contributed by atoms with Crippen LogP contribution in [-0.4, -0.2) is 15.7 Å². The van der Waals surface area contributed by atoms with Crippen LogP contribution in [0.3, 0.4) is 0 Å². The fraction of sp³-hybridized carbons (Fsp3) is 0.231. The van der Waals surface area contributed by atoms with Crippen LogP contribution in [0.15, 0.2) is 30.6 Å². The summed E-state index contributed by atoms with van der Waals surface area (Å²) in [6.45, 7) is 3.67. The molecule has 0 bridgehead atoms. The SMILES string of the molecule is Cc1cnn(C(C)C(=O)Nc2c(Cl)cccc2Cl)c1. The molecule has 2 aromatic rings. The fourth-order valence-electron chi connectivity index (χ4n) is 1.61. The Morgan fingerprint density at radius 3 is 2.53 bits per heavy atom. The van der Waals surface area contributed by atoms with Crippen molar-refractivity contribution in [2.24, 2.45) is 0 Å². The second-order valence-electron chi connectivity index (χ2n) is 4.26. The van der Waals surface area contributed by atoms with Gasteiger partial charge in [-0.3, -0.25) is 9.48 Å². The van der Waals surface area contributed by atoms with Gasteiger partial charge in [0.25, 0.3) is 0 Å². The van der Waals surface area contributed by atoms with Crippen molar-refractivity contribution in [3.63, 3.8) is 0 Å². The van der Waals surface area contributed by atoms with Crippen LogP contribution in [0.4, 0.5) is 5.69 Å². The van der Waals surface area contributed by atoms with Crippen molar-refractivity contribution in [2.75, 3.05) is 5.32 Å². The highest BCUT2D eigenvalue weighted by Gasteiger charge is 2.18. The molecule has 1 aromatic carbocycles. The number of nitrogens with zero attached hydrogens (tertiary/aromatic N) is 2. The van der Waals surface area contributed by atoms with Crippen LogP contribution in [-0.2, 0) is 4.79 Å². The first-order valence-corrected chi connectivity index (χ1v) is 6.50. The number of aromatic nitrogens is 2. The van der Waals surface area contributed by atoms with Crippen LogP contribution >= 0.6 is 23.2 Å². The van der Waals surface area contributed by atoms with E-state index in [0.29, 0.717) is 15.7 Å². The minimum absolute atomic E-state index is 0.224. The lowest BCUT2D eigenvalue weighted by Gasteiger charge is -2.14. The molecule has 19 heavy (non-hydrogen) atoms. The maximum Gasteiger partial charge on any atom is 0.249 e. The minimum Gasteiger partial charge on any atom is -0.322 e. The van der Waals surface area contributed by atoms with E-state index in [-0.39, 0.29) is 5.91 Å². The summed E-state index contributed by atoms with van der Waals surface area (Å²) < 4.78 is 1.59. The van der Waals surface area contributed by atoms with Crippen LogP contribution in [0.5, 0.6) is 0 Å². The number of rotatable bonds is 3. The van der Waals surface area contributed by atoms with Gasteiger partial charge in [-0.2, -0.15) is 5.10 Å². The summed E-state index contributed by atoms with van der Waals surface area (Å²) in [5, 5.41) is 7.65. The number of carbonyl (C=O) groups is 1. The van der Waals surface area contributed by atoms with E-state index in [9.17, 15) is 4.79 Å². The van der Waals surface area contributed by atoms with Gasteiger partial charge in [-0.05, 0) is 31.5 Å². The van der Waals surface area contributed by atoms with E-state index >= 15 is 0 Å². The molecule has 0 fully saturated rings. The number of benzene rings is 1. The molecule has 0 saturated carbocycles. The predicted molar refractivity (Wildman–Crippen MR) is 76.8 cm³/mol. The van der Waals surface area contributed by atoms with Crippen LogP contribution in [0.1, 0.15) is 18.5 Å². The van der Waals surface area contributed by atoms with Gasteiger partial charge in [-0.25, -0.2) is 0 Å². The van der Waals surface area contributed by atoms with Crippen LogP contribution in [0.2, 0.25) is 10.0 Å². The van der Waals surface area contributed by atoms with E-state index in [2.05, 4.69) is 10.4 Å². The number of hydrogen-bond donors (Lipinski definition) is 1. The molecule has 1 amide bonds. The zero-order valence-corrected chi connectivity index (χ0v) is 12.0. The van der Waals surface area contributed by atoms with Crippen molar-refractivity contribution >= 4 is 34.8 Å². The number of para-hydroxylation sites is 1. The van der Waals surface area contributed by atoms with Crippen molar-refractivity contribution in [3.8, 4) is 0 Å². The Balaban J connectivity index is 2.17. The molecule has 1 heterocycles. The number of hydrogen-bond acceptors (Lipinski definition) is 2. The van der Waals surface area contributed by atoms with Gasteiger partial charge in [-0.15, -0.1) is 0 Å². The molecule has 1 unspecified atom stereocenters. The summed E-state index contributed by atoms with van der Waals surface area (Å²) >= 11 is 12.0. The van der Waals surface area contributed by atoms with E-state index in [1.165, 1.54) is 0 Å². The van der Waals surface area contributed by atoms with Gasteiger partial charge in [0.1, 0.15) is 6.04 Å². The van der Waals surface area contributed by atoms with Gasteiger partial charge in [0.15, 0.2) is 0 Å². The molecule has 1 N–H and O–H groups in total. The number of aryl methyl sites for hydroxylation is 1. The molecule has 0 saturated heterocycles. The molecule has 0 aliphatic carbocycles. The summed E-state index contributed by atoms with van der Waals surface area (Å²) in [6.07, 6.45) is 3.50. The highest BCUT2D eigenvalue weighted by atomic mass is 35.5. The van der Waals surface area contributed by atoms with Crippen molar-refractivity contribution in [3.05, 3.63) is 46.2 Å². The smallest absolute Gasteiger partial charge is 0.249 e. The molecule has 0 aliphatic heterocycles. The number of amides is 1. The van der Waals surface area contributed by atoms with E-state index in [0.717, 1.165) is 5.56 Å². The molecule has 100 valence electrons. The topological polar surface area (TPSA) is 46.9 Å². The Morgan fingerprint density at radius 1 is 1.37 bits per heavy atom. The van der Waals surface area contributed by atoms with Crippen LogP contribution < -0.4 is 5.32 Å². The summed E-state index contributed by atoms with van der Waals surface area (Å²) in [4.78, 5) is 12.1. The molecule has 0 aliphatic rings. The average molecular weight is 298 g/mol. The minimum atomic E-state index is -0.443. The second-order valence-corrected chi connectivity index (χ2v) is 5.07. The number of anilines is 1. The first kappa shape index (κ1) is 13.9. The van der Waals surface area contributed by atoms with E-state index in [1.54, 1.807) is 42.2 Å². The Morgan fingerprint density at radius 2 is 2.00 bits per heavy atom. The first-order chi connectivity index (χ1) is 8.99. The van der Waals surface area contributed by atoms with Gasteiger partial charge in [-0.1, -0.05) is 29.3 Å². The molecule has 0 spiro atoms. The quantitative estimate of drug-likeness (QED) is 0.939. The van der Waals surface area contributed by atoms with Crippen LogP contribution in [0.25, 0.3) is 0 Å². The fourth-order valence-corrected chi connectivity index (χ4v) is 2.10. The largest absolute Gasteiger partial charge is 0.322 e. The Kier molecular flexibility index (Phi) is 4.12. The van der Waals surface area contributed by atoms with Gasteiger partial charge in [0.05, 0.1) is 21.9 Å². The van der Waals surface area contributed by atoms with Gasteiger partial charge in [0.2, 0.25) is 5.91 Å². The Bertz CT molecular complexity index is 589. The zero-order valence-electron chi connectivity index (χ0n) is 10.5. The highest BCUT2D eigenvalue weighted by molar-refractivity contribution is 6.39. The standard InChI is InChI=1S/C13H13Cl2N3O/c1-8-6-16-18(7-8)9(2)13(19)17-12-10(14)4-3-5-11(12)15/h3-7,9H,1-2H3,(H,17,19). The van der Waals surface area contributed by atoms with E-state index < -0.39 is 6.04 Å². The predicted octanol–water partition coefficient (Wildman–Crippen LogP) is 3.70. The summed E-state index contributed by atoms with van der Waals surface area (Å²) in [5.74, 6) is -0.224. The summed E-state index contributed by atoms with van der Waals surface area (Å²) in [6, 6.07) is 4.62. The van der Waals surface area contributed by atoms with Crippen LogP contribution in [0, 0.1) is 6.92 Å². The first-order valence-electron chi connectivity index (χ1n) is 5.74. The molecule has 1 atom stereocenters. The zero-order chi connectivity index (χ0) is 14.0. The lowest BCUT2D eigenvalue weighted by Crippen LogP contribution is -2.24. The van der Waals surface area contributed by atoms with Gasteiger partial charge in [0, 0.05) is 6.20 Å². The lowest BCUT2D eigenvalue weighted by atomic mass is 10.2. The normalized spacial score (nSPS) is 12.2. The van der Waals surface area contributed by atoms with Gasteiger partial charge < -0.3 is 5.32 Å². The van der Waals surface area contributed by atoms with Gasteiger partial charge >= 0.3 is 0 Å². The molecule has 0 radical (unpaired) electrons. The Labute approximate surface area is 121 Å². The molecule has 4 nitrogen and oxygen atoms in total. The number of carbonyl (C=O) groups excluding carboxylic acids is 1. The molecule has 1 aromatic heterocycles. The molecule has 6 heteroatoms. The summed E-state index contributed by atoms with van der Waals surface area (Å²) in [5.41, 5.74) is 1.42. The van der Waals surface area contributed by atoms with Crippen molar-refractivity contribution in [1.29, 1.82) is 0 Å². The van der Waals surface area contributed by atoms with E-state index in [1.807, 2.05) is 6.92 Å². The molecule has 2 rings (SSSR count). The van der Waals surface area contributed by atoms with Crippen molar-refractivity contribution in [2.45, 2.75) is 19.9 Å². The highest BCUT2D eigenvalue weighted by Crippen LogP contribution is 2.30. The Hall–Kier alpha value is -1.52. The third-order valence-corrected chi connectivity index (χ3v) is 3.35. The maximum absolute atomic E-state index is 12.1. The summed E-state index contributed by atoms with van der Waals surface area (Å²) in [7, 11) is 0. The monoisotopic (exact) mass is 297 g/mol. The van der Waals surface area contributed by atoms with Crippen molar-refractivity contribution < 1.29 is 4.79 Å². The average Bonchev–Trinajstić information content (AvgIpc) is 2.79. The van der Waals surface area contributed by atoms with E-state index in [4.69, 9.17) is 23.2 Å². The second kappa shape index (κ2) is 5.63. The van der Waals surface area contributed by atoms with Crippen molar-refractivity contribution in [1.82, 2.24) is 9.78 Å². The third-order valence-electron chi connectivity index (χ3n) is 2.72. The molecular formula is C13H13Cl2N3O. The maximum atomic E-state index is 12.1. The lowest BCUT2D eigenvalue weighted by molar-refractivity contribution is -0.119.